The Morgan fingerprint density at radius 1 is 1.75 bits per heavy atom. The number of rotatable bonds is 1. The maximum Gasteiger partial charge on any atom is 0.227 e. The van der Waals surface area contributed by atoms with Gasteiger partial charge in [0.1, 0.15) is 0 Å². The van der Waals surface area contributed by atoms with Crippen molar-refractivity contribution >= 4 is 5.91 Å². The Labute approximate surface area is 47.0 Å². The molecule has 3 nitrogen and oxygen atoms in total. The van der Waals surface area contributed by atoms with Crippen molar-refractivity contribution in [2.45, 2.75) is 6.10 Å². The molecule has 0 aromatic rings. The standard InChI is InChI=1S/C5H7NO2/c7-5-3(1-6-5)4-2-8-4/h3-4H,1-2H2,(H,6,7). The topological polar surface area (TPSA) is 41.6 Å². The molecule has 0 radical (unpaired) electrons. The second-order valence-corrected chi connectivity index (χ2v) is 2.22. The normalized spacial score (nSPS) is 42.8. The lowest BCUT2D eigenvalue weighted by molar-refractivity contribution is -0.131. The fourth-order valence-corrected chi connectivity index (χ4v) is 0.891. The van der Waals surface area contributed by atoms with E-state index in [4.69, 9.17) is 4.74 Å². The van der Waals surface area contributed by atoms with Gasteiger partial charge in [-0.25, -0.2) is 0 Å². The van der Waals surface area contributed by atoms with Crippen molar-refractivity contribution in [3.63, 3.8) is 0 Å². The molecular formula is C5H7NO2. The molecule has 0 saturated carbocycles. The predicted molar refractivity (Wildman–Crippen MR) is 26.2 cm³/mol. The molecule has 2 aliphatic heterocycles. The highest BCUT2D eigenvalue weighted by molar-refractivity contribution is 5.85. The van der Waals surface area contributed by atoms with Crippen LogP contribution >= 0.6 is 0 Å². The van der Waals surface area contributed by atoms with E-state index in [9.17, 15) is 4.79 Å². The van der Waals surface area contributed by atoms with E-state index in [0.717, 1.165) is 13.2 Å². The van der Waals surface area contributed by atoms with Crippen molar-refractivity contribution in [3.8, 4) is 0 Å². The van der Waals surface area contributed by atoms with Gasteiger partial charge in [0.2, 0.25) is 5.91 Å². The van der Waals surface area contributed by atoms with Gasteiger partial charge >= 0.3 is 0 Å². The number of nitrogens with one attached hydrogen (secondary N) is 1. The lowest BCUT2D eigenvalue weighted by Gasteiger charge is -2.23. The number of hydrogen-bond donors (Lipinski definition) is 1. The molecule has 0 bridgehead atoms. The average molecular weight is 113 g/mol. The molecule has 2 aliphatic rings. The molecule has 8 heavy (non-hydrogen) atoms. The van der Waals surface area contributed by atoms with Crippen molar-refractivity contribution in [1.29, 1.82) is 0 Å². The maximum absolute atomic E-state index is 10.5. The van der Waals surface area contributed by atoms with Gasteiger partial charge < -0.3 is 10.1 Å². The second-order valence-electron chi connectivity index (χ2n) is 2.22. The van der Waals surface area contributed by atoms with Gasteiger partial charge in [0.05, 0.1) is 18.6 Å². The van der Waals surface area contributed by atoms with Gasteiger partial charge in [-0.3, -0.25) is 4.79 Å². The third-order valence-electron chi connectivity index (χ3n) is 1.64. The van der Waals surface area contributed by atoms with Crippen molar-refractivity contribution < 1.29 is 9.53 Å². The molecule has 2 saturated heterocycles. The lowest BCUT2D eigenvalue weighted by Crippen LogP contribution is -2.51. The number of carbonyl (C=O) groups is 1. The molecular weight excluding hydrogens is 106 g/mol. The summed E-state index contributed by atoms with van der Waals surface area (Å²) in [5.74, 6) is 0.350. The van der Waals surface area contributed by atoms with Gasteiger partial charge in [-0.2, -0.15) is 0 Å². The SMILES string of the molecule is O=C1NCC1C1CO1. The fraction of sp³-hybridized carbons (Fsp3) is 0.800. The molecule has 0 spiro atoms. The highest BCUT2D eigenvalue weighted by Gasteiger charge is 2.42. The maximum atomic E-state index is 10.5. The Hall–Kier alpha value is -0.570. The Morgan fingerprint density at radius 2 is 2.50 bits per heavy atom. The predicted octanol–water partition coefficient (Wildman–Crippen LogP) is -0.869. The Kier molecular flexibility index (Phi) is 0.663. The van der Waals surface area contributed by atoms with Gasteiger partial charge in [-0.1, -0.05) is 0 Å². The van der Waals surface area contributed by atoms with E-state index in [1.807, 2.05) is 0 Å². The largest absolute Gasteiger partial charge is 0.372 e. The van der Waals surface area contributed by atoms with E-state index in [2.05, 4.69) is 5.32 Å². The first kappa shape index (κ1) is 4.32. The number of epoxide rings is 1. The molecule has 1 N–H and O–H groups in total. The number of ether oxygens (including phenoxy) is 1. The molecule has 2 unspecified atom stereocenters. The highest BCUT2D eigenvalue weighted by Crippen LogP contribution is 2.23. The van der Waals surface area contributed by atoms with Crippen molar-refractivity contribution in [3.05, 3.63) is 0 Å². The van der Waals surface area contributed by atoms with Crippen molar-refractivity contribution in [2.24, 2.45) is 5.92 Å². The van der Waals surface area contributed by atoms with Gasteiger partial charge in [-0.15, -0.1) is 0 Å². The number of amides is 1. The first-order valence-electron chi connectivity index (χ1n) is 2.77. The number of carbonyl (C=O) groups excluding carboxylic acids is 1. The average Bonchev–Trinajstić information content (AvgIpc) is 2.46. The van der Waals surface area contributed by atoms with Crippen LogP contribution in [-0.2, 0) is 9.53 Å². The third-order valence-corrected chi connectivity index (χ3v) is 1.64. The molecule has 0 aromatic carbocycles. The van der Waals surface area contributed by atoms with Crippen LogP contribution in [0.25, 0.3) is 0 Å². The highest BCUT2D eigenvalue weighted by atomic mass is 16.6. The van der Waals surface area contributed by atoms with E-state index < -0.39 is 0 Å². The molecule has 3 heteroatoms. The Bertz CT molecular complexity index is 130. The molecule has 2 fully saturated rings. The zero-order valence-electron chi connectivity index (χ0n) is 4.39. The van der Waals surface area contributed by atoms with Crippen LogP contribution in [0.5, 0.6) is 0 Å². The minimum atomic E-state index is 0.160. The van der Waals surface area contributed by atoms with Crippen LogP contribution in [0.2, 0.25) is 0 Å². The first-order valence-corrected chi connectivity index (χ1v) is 2.77. The van der Waals surface area contributed by atoms with Crippen molar-refractivity contribution in [2.75, 3.05) is 13.2 Å². The van der Waals surface area contributed by atoms with Crippen LogP contribution in [0, 0.1) is 5.92 Å². The summed E-state index contributed by atoms with van der Waals surface area (Å²) in [4.78, 5) is 10.5. The molecule has 1 amide bonds. The van der Waals surface area contributed by atoms with Gasteiger partial charge in [0.25, 0.3) is 0 Å². The molecule has 2 heterocycles. The number of β-lactam (4-membered cyclic amide) rings is 1. The minimum Gasteiger partial charge on any atom is -0.372 e. The first-order chi connectivity index (χ1) is 3.88. The zero-order valence-corrected chi connectivity index (χ0v) is 4.39. The van der Waals surface area contributed by atoms with Crippen LogP contribution < -0.4 is 5.32 Å². The monoisotopic (exact) mass is 113 g/mol. The Morgan fingerprint density at radius 3 is 2.62 bits per heavy atom. The fourth-order valence-electron chi connectivity index (χ4n) is 0.891. The summed E-state index contributed by atoms with van der Waals surface area (Å²) in [6, 6.07) is 0. The summed E-state index contributed by atoms with van der Waals surface area (Å²) in [5, 5.41) is 2.66. The Balaban J connectivity index is 1.96. The van der Waals surface area contributed by atoms with Gasteiger partial charge in [0, 0.05) is 6.54 Å². The van der Waals surface area contributed by atoms with E-state index in [-0.39, 0.29) is 17.9 Å². The van der Waals surface area contributed by atoms with Crippen LogP contribution in [0.15, 0.2) is 0 Å². The summed E-state index contributed by atoms with van der Waals surface area (Å²) in [5.41, 5.74) is 0. The summed E-state index contributed by atoms with van der Waals surface area (Å²) in [6.45, 7) is 1.61. The zero-order chi connectivity index (χ0) is 5.56. The molecule has 0 aromatic heterocycles. The number of hydrogen-bond acceptors (Lipinski definition) is 2. The van der Waals surface area contributed by atoms with Crippen LogP contribution in [-0.4, -0.2) is 25.2 Å². The van der Waals surface area contributed by atoms with E-state index in [0.29, 0.717) is 0 Å². The van der Waals surface area contributed by atoms with Gasteiger partial charge in [-0.05, 0) is 0 Å². The smallest absolute Gasteiger partial charge is 0.227 e. The summed E-state index contributed by atoms with van der Waals surface area (Å²) in [6.07, 6.45) is 0.267. The van der Waals surface area contributed by atoms with E-state index in [1.54, 1.807) is 0 Å². The van der Waals surface area contributed by atoms with Crippen LogP contribution in [0.4, 0.5) is 0 Å². The van der Waals surface area contributed by atoms with Gasteiger partial charge in [0.15, 0.2) is 0 Å². The van der Waals surface area contributed by atoms with Crippen molar-refractivity contribution in [1.82, 2.24) is 5.32 Å². The van der Waals surface area contributed by atoms with E-state index >= 15 is 0 Å². The lowest BCUT2D eigenvalue weighted by atomic mass is 9.99. The molecule has 2 rings (SSSR count). The van der Waals surface area contributed by atoms with Crippen LogP contribution in [0.3, 0.4) is 0 Å². The third kappa shape index (κ3) is 0.448. The summed E-state index contributed by atoms with van der Waals surface area (Å²) < 4.78 is 4.92. The molecule has 2 atom stereocenters. The van der Waals surface area contributed by atoms with E-state index in [1.165, 1.54) is 0 Å². The minimum absolute atomic E-state index is 0.160. The molecule has 0 aliphatic carbocycles. The van der Waals surface area contributed by atoms with Crippen LogP contribution in [0.1, 0.15) is 0 Å². The second kappa shape index (κ2) is 1.23. The summed E-state index contributed by atoms with van der Waals surface area (Å²) >= 11 is 0. The quantitative estimate of drug-likeness (QED) is 0.355. The molecule has 44 valence electrons. The summed E-state index contributed by atoms with van der Waals surface area (Å²) in [7, 11) is 0.